The first kappa shape index (κ1) is 25.0. The molecule has 1 amide bonds. The van der Waals surface area contributed by atoms with E-state index < -0.39 is 10.0 Å². The monoisotopic (exact) mass is 513 g/mol. The van der Waals surface area contributed by atoms with Gasteiger partial charge in [-0.3, -0.25) is 4.79 Å². The van der Waals surface area contributed by atoms with Gasteiger partial charge in [-0.15, -0.1) is 0 Å². The van der Waals surface area contributed by atoms with Gasteiger partial charge in [-0.05, 0) is 49.7 Å². The summed E-state index contributed by atoms with van der Waals surface area (Å²) in [4.78, 5) is 14.9. The first-order chi connectivity index (χ1) is 16.8. The van der Waals surface area contributed by atoms with E-state index >= 15 is 0 Å². The lowest BCUT2D eigenvalue weighted by molar-refractivity contribution is -0.118. The number of nitrogens with one attached hydrogen (secondary N) is 1. The molecule has 3 aromatic carbocycles. The van der Waals surface area contributed by atoms with E-state index in [0.29, 0.717) is 48.3 Å². The molecule has 0 aromatic heterocycles. The molecule has 184 valence electrons. The van der Waals surface area contributed by atoms with Gasteiger partial charge in [-0.2, -0.15) is 4.31 Å². The summed E-state index contributed by atoms with van der Waals surface area (Å²) in [5, 5.41) is 3.37. The van der Waals surface area contributed by atoms with Crippen LogP contribution in [0.1, 0.15) is 11.1 Å². The summed E-state index contributed by atoms with van der Waals surface area (Å²) >= 11 is 6.52. The molecule has 1 aliphatic heterocycles. The molecular weight excluding hydrogens is 486 g/mol. The third-order valence-corrected chi connectivity index (χ3v) is 8.14. The average Bonchev–Trinajstić information content (AvgIpc) is 2.84. The maximum absolute atomic E-state index is 13.0. The zero-order valence-corrected chi connectivity index (χ0v) is 21.3. The van der Waals surface area contributed by atoms with E-state index in [0.717, 1.165) is 11.1 Å². The molecule has 4 rings (SSSR count). The molecule has 0 atom stereocenters. The largest absolute Gasteiger partial charge is 0.483 e. The zero-order valence-electron chi connectivity index (χ0n) is 19.7. The fourth-order valence-corrected chi connectivity index (χ4v) is 5.71. The number of sulfonamides is 1. The first-order valence-corrected chi connectivity index (χ1v) is 13.2. The lowest BCUT2D eigenvalue weighted by Crippen LogP contribution is -2.49. The summed E-state index contributed by atoms with van der Waals surface area (Å²) in [6.45, 7) is 5.20. The Bertz CT molecular complexity index is 1300. The molecule has 35 heavy (non-hydrogen) atoms. The molecular formula is C26H28ClN3O4S. The van der Waals surface area contributed by atoms with Crippen molar-refractivity contribution in [3.05, 3.63) is 82.9 Å². The molecule has 1 fully saturated rings. The Morgan fingerprint density at radius 3 is 2.31 bits per heavy atom. The fourth-order valence-electron chi connectivity index (χ4n) is 4.00. The average molecular weight is 514 g/mol. The molecule has 0 unspecified atom stereocenters. The minimum absolute atomic E-state index is 0.140. The van der Waals surface area contributed by atoms with Crippen LogP contribution in [0, 0.1) is 13.8 Å². The number of carbonyl (C=O) groups is 1. The predicted octanol–water partition coefficient (Wildman–Crippen LogP) is 4.49. The third-order valence-electron chi connectivity index (χ3n) is 5.93. The molecule has 1 heterocycles. The van der Waals surface area contributed by atoms with Crippen molar-refractivity contribution in [1.29, 1.82) is 0 Å². The van der Waals surface area contributed by atoms with Crippen LogP contribution >= 0.6 is 11.6 Å². The molecule has 0 spiro atoms. The number of carbonyl (C=O) groups excluding carboxylic acids is 1. The van der Waals surface area contributed by atoms with Gasteiger partial charge in [0.2, 0.25) is 10.0 Å². The summed E-state index contributed by atoms with van der Waals surface area (Å²) in [6, 6.07) is 19.7. The normalized spacial score (nSPS) is 14.5. The Hall–Kier alpha value is -3.07. The zero-order chi connectivity index (χ0) is 25.0. The number of piperazine rings is 1. The number of anilines is 2. The van der Waals surface area contributed by atoms with Gasteiger partial charge in [-0.25, -0.2) is 8.42 Å². The molecule has 1 aliphatic rings. The lowest BCUT2D eigenvalue weighted by atomic mass is 10.2. The van der Waals surface area contributed by atoms with E-state index in [1.54, 1.807) is 42.5 Å². The van der Waals surface area contributed by atoms with Crippen LogP contribution < -0.4 is 15.0 Å². The van der Waals surface area contributed by atoms with Crippen molar-refractivity contribution in [3.8, 4) is 5.75 Å². The van der Waals surface area contributed by atoms with Crippen LogP contribution in [0.3, 0.4) is 0 Å². The van der Waals surface area contributed by atoms with E-state index in [4.69, 9.17) is 16.3 Å². The number of hydrogen-bond donors (Lipinski definition) is 1. The second kappa shape index (κ2) is 10.7. The first-order valence-electron chi connectivity index (χ1n) is 11.3. The van der Waals surface area contributed by atoms with Gasteiger partial charge in [-0.1, -0.05) is 53.6 Å². The molecule has 1 saturated heterocycles. The Kier molecular flexibility index (Phi) is 7.64. The lowest BCUT2D eigenvalue weighted by Gasteiger charge is -2.36. The van der Waals surface area contributed by atoms with Crippen LogP contribution in [0.2, 0.25) is 5.02 Å². The Morgan fingerprint density at radius 1 is 0.943 bits per heavy atom. The maximum atomic E-state index is 13.0. The van der Waals surface area contributed by atoms with Crippen molar-refractivity contribution in [2.45, 2.75) is 18.7 Å². The molecule has 1 N–H and O–H groups in total. The summed E-state index contributed by atoms with van der Waals surface area (Å²) < 4.78 is 33.2. The molecule has 0 saturated carbocycles. The van der Waals surface area contributed by atoms with Crippen LogP contribution in [-0.2, 0) is 14.8 Å². The highest BCUT2D eigenvalue weighted by molar-refractivity contribution is 7.89. The third kappa shape index (κ3) is 5.78. The van der Waals surface area contributed by atoms with Crippen molar-refractivity contribution in [2.24, 2.45) is 0 Å². The van der Waals surface area contributed by atoms with Gasteiger partial charge in [0.25, 0.3) is 5.91 Å². The standard InChI is InChI=1S/C26H28ClN3O4S/c1-19-10-12-21(13-11-19)35(32,33)30-16-14-29(15-17-30)26-22(27)7-5-8-23(26)28-25(31)18-34-24-9-4-3-6-20(24)2/h3-13H,14-18H2,1-2H3,(H,28,31). The van der Waals surface area contributed by atoms with Gasteiger partial charge in [0.1, 0.15) is 5.75 Å². The molecule has 0 radical (unpaired) electrons. The summed E-state index contributed by atoms with van der Waals surface area (Å²) in [6.07, 6.45) is 0. The molecule has 0 aliphatic carbocycles. The number of hydrogen-bond acceptors (Lipinski definition) is 5. The molecule has 3 aromatic rings. The van der Waals surface area contributed by atoms with Crippen LogP contribution in [0.15, 0.2) is 71.6 Å². The van der Waals surface area contributed by atoms with Crippen molar-refractivity contribution in [1.82, 2.24) is 4.31 Å². The van der Waals surface area contributed by atoms with Gasteiger partial charge in [0, 0.05) is 26.2 Å². The SMILES string of the molecule is Cc1ccc(S(=O)(=O)N2CCN(c3c(Cl)cccc3NC(=O)COc3ccccc3C)CC2)cc1. The minimum Gasteiger partial charge on any atom is -0.483 e. The fraction of sp³-hybridized carbons (Fsp3) is 0.269. The second-order valence-corrected chi connectivity index (χ2v) is 10.8. The Balaban J connectivity index is 1.43. The summed E-state index contributed by atoms with van der Waals surface area (Å²) in [7, 11) is -3.57. The van der Waals surface area contributed by atoms with E-state index in [-0.39, 0.29) is 17.4 Å². The Morgan fingerprint density at radius 2 is 1.63 bits per heavy atom. The quantitative estimate of drug-likeness (QED) is 0.503. The topological polar surface area (TPSA) is 79.0 Å². The van der Waals surface area contributed by atoms with Crippen LogP contribution in [0.25, 0.3) is 0 Å². The van der Waals surface area contributed by atoms with Gasteiger partial charge >= 0.3 is 0 Å². The second-order valence-electron chi connectivity index (χ2n) is 8.44. The van der Waals surface area contributed by atoms with E-state index in [9.17, 15) is 13.2 Å². The maximum Gasteiger partial charge on any atom is 0.262 e. The highest BCUT2D eigenvalue weighted by atomic mass is 35.5. The van der Waals surface area contributed by atoms with Crippen molar-refractivity contribution >= 4 is 38.9 Å². The summed E-state index contributed by atoms with van der Waals surface area (Å²) in [5.41, 5.74) is 3.19. The number of amides is 1. The minimum atomic E-state index is -3.57. The molecule has 0 bridgehead atoms. The smallest absolute Gasteiger partial charge is 0.262 e. The number of nitrogens with zero attached hydrogens (tertiary/aromatic N) is 2. The highest BCUT2D eigenvalue weighted by Gasteiger charge is 2.30. The number of ether oxygens (including phenoxy) is 1. The van der Waals surface area contributed by atoms with Gasteiger partial charge in [0.05, 0.1) is 21.3 Å². The molecule has 9 heteroatoms. The van der Waals surface area contributed by atoms with E-state index in [1.807, 2.05) is 43.0 Å². The van der Waals surface area contributed by atoms with Crippen LogP contribution in [0.5, 0.6) is 5.75 Å². The van der Waals surface area contributed by atoms with E-state index in [2.05, 4.69) is 5.32 Å². The van der Waals surface area contributed by atoms with E-state index in [1.165, 1.54) is 4.31 Å². The number of benzene rings is 3. The number of aryl methyl sites for hydroxylation is 2. The molecule has 7 nitrogen and oxygen atoms in total. The van der Waals surface area contributed by atoms with Gasteiger partial charge < -0.3 is 15.0 Å². The van der Waals surface area contributed by atoms with Crippen LogP contribution in [-0.4, -0.2) is 51.4 Å². The number of rotatable bonds is 7. The number of para-hydroxylation sites is 2. The van der Waals surface area contributed by atoms with Crippen molar-refractivity contribution in [2.75, 3.05) is 43.0 Å². The summed E-state index contributed by atoms with van der Waals surface area (Å²) in [5.74, 6) is 0.345. The van der Waals surface area contributed by atoms with Crippen molar-refractivity contribution < 1.29 is 17.9 Å². The van der Waals surface area contributed by atoms with Gasteiger partial charge in [0.15, 0.2) is 6.61 Å². The number of halogens is 1. The van der Waals surface area contributed by atoms with Crippen molar-refractivity contribution in [3.63, 3.8) is 0 Å². The predicted molar refractivity (Wildman–Crippen MR) is 139 cm³/mol. The highest BCUT2D eigenvalue weighted by Crippen LogP contribution is 2.35. The van der Waals surface area contributed by atoms with Crippen LogP contribution in [0.4, 0.5) is 11.4 Å². The Labute approximate surface area is 211 Å².